The van der Waals surface area contributed by atoms with Crippen molar-refractivity contribution in [2.24, 2.45) is 0 Å². The molecule has 1 amide bonds. The van der Waals surface area contributed by atoms with Crippen LogP contribution in [0.25, 0.3) is 0 Å². The molecule has 0 aliphatic carbocycles. The zero-order valence-electron chi connectivity index (χ0n) is 15.4. The highest BCUT2D eigenvalue weighted by atomic mass is 32.2. The topological polar surface area (TPSA) is 75.3 Å². The zero-order valence-corrected chi connectivity index (χ0v) is 16.2. The molecule has 0 aliphatic rings. The van der Waals surface area contributed by atoms with Gasteiger partial charge >= 0.3 is 0 Å². The lowest BCUT2D eigenvalue weighted by Crippen LogP contribution is -2.16. The fraction of sp³-hybridized carbons (Fsp3) is 0.0952. The van der Waals surface area contributed by atoms with Gasteiger partial charge in [0.2, 0.25) is 0 Å². The molecule has 144 valence electrons. The lowest BCUT2D eigenvalue weighted by Gasteiger charge is -2.11. The van der Waals surface area contributed by atoms with Crippen LogP contribution in [0.5, 0.6) is 0 Å². The lowest BCUT2D eigenvalue weighted by molar-refractivity contribution is 0.102. The van der Waals surface area contributed by atoms with Gasteiger partial charge in [-0.1, -0.05) is 18.2 Å². The molecule has 3 aromatic carbocycles. The minimum Gasteiger partial charge on any atom is -0.322 e. The first-order valence-electron chi connectivity index (χ1n) is 8.52. The summed E-state index contributed by atoms with van der Waals surface area (Å²) in [6.07, 6.45) is 0. The maximum absolute atomic E-state index is 13.3. The number of halogens is 1. The Kier molecular flexibility index (Phi) is 5.46. The van der Waals surface area contributed by atoms with Gasteiger partial charge < -0.3 is 5.32 Å². The van der Waals surface area contributed by atoms with Crippen LogP contribution >= 0.6 is 0 Å². The molecule has 0 spiro atoms. The van der Waals surface area contributed by atoms with Gasteiger partial charge in [0.05, 0.1) is 10.6 Å². The molecular formula is C21H19FN2O3S. The number of anilines is 2. The van der Waals surface area contributed by atoms with Gasteiger partial charge in [0.1, 0.15) is 5.82 Å². The van der Waals surface area contributed by atoms with Crippen molar-refractivity contribution >= 4 is 27.3 Å². The Morgan fingerprint density at radius 2 is 1.61 bits per heavy atom. The van der Waals surface area contributed by atoms with Gasteiger partial charge in [-0.25, -0.2) is 12.8 Å². The van der Waals surface area contributed by atoms with Crippen molar-refractivity contribution in [1.82, 2.24) is 0 Å². The first-order chi connectivity index (χ1) is 13.2. The molecule has 3 aromatic rings. The minimum absolute atomic E-state index is 0.0931. The Morgan fingerprint density at radius 3 is 2.32 bits per heavy atom. The van der Waals surface area contributed by atoms with Crippen molar-refractivity contribution in [3.05, 3.63) is 89.2 Å². The quantitative estimate of drug-likeness (QED) is 0.665. The highest BCUT2D eigenvalue weighted by molar-refractivity contribution is 7.92. The van der Waals surface area contributed by atoms with Gasteiger partial charge in [0.15, 0.2) is 0 Å². The van der Waals surface area contributed by atoms with Gasteiger partial charge in [-0.05, 0) is 73.5 Å². The second-order valence-corrected chi connectivity index (χ2v) is 8.08. The minimum atomic E-state index is -3.97. The van der Waals surface area contributed by atoms with Crippen LogP contribution in [0.3, 0.4) is 0 Å². The number of benzene rings is 3. The van der Waals surface area contributed by atoms with Crippen molar-refractivity contribution in [2.75, 3.05) is 10.0 Å². The standard InChI is InChI=1S/C21H19FN2O3S/c1-14-9-10-18(11-15(14)2)23-21(25)16-5-3-8-20(12-16)28(26,27)24-19-7-4-6-17(22)13-19/h3-13,24H,1-2H3,(H,23,25). The highest BCUT2D eigenvalue weighted by Gasteiger charge is 2.17. The number of nitrogens with one attached hydrogen (secondary N) is 2. The smallest absolute Gasteiger partial charge is 0.261 e. The van der Waals surface area contributed by atoms with E-state index in [4.69, 9.17) is 0 Å². The Morgan fingerprint density at radius 1 is 0.857 bits per heavy atom. The summed E-state index contributed by atoms with van der Waals surface area (Å²) in [6.45, 7) is 3.91. The summed E-state index contributed by atoms with van der Waals surface area (Å²) >= 11 is 0. The molecule has 0 aliphatic heterocycles. The molecule has 0 bridgehead atoms. The number of carbonyl (C=O) groups is 1. The predicted molar refractivity (Wildman–Crippen MR) is 108 cm³/mol. The second-order valence-electron chi connectivity index (χ2n) is 6.40. The van der Waals surface area contributed by atoms with Gasteiger partial charge in [-0.15, -0.1) is 0 Å². The van der Waals surface area contributed by atoms with Gasteiger partial charge in [0, 0.05) is 11.3 Å². The largest absolute Gasteiger partial charge is 0.322 e. The maximum atomic E-state index is 13.3. The Labute approximate surface area is 163 Å². The monoisotopic (exact) mass is 398 g/mol. The van der Waals surface area contributed by atoms with E-state index in [0.717, 1.165) is 17.2 Å². The van der Waals surface area contributed by atoms with E-state index in [1.807, 2.05) is 26.0 Å². The molecule has 0 aromatic heterocycles. The van der Waals surface area contributed by atoms with E-state index < -0.39 is 21.7 Å². The summed E-state index contributed by atoms with van der Waals surface area (Å²) in [7, 11) is -3.97. The molecule has 0 unspecified atom stereocenters. The van der Waals surface area contributed by atoms with Crippen molar-refractivity contribution in [2.45, 2.75) is 18.7 Å². The first-order valence-corrected chi connectivity index (χ1v) is 10.00. The van der Waals surface area contributed by atoms with Crippen LogP contribution in [-0.2, 0) is 10.0 Å². The number of hydrogen-bond acceptors (Lipinski definition) is 3. The van der Waals surface area contributed by atoms with Crippen LogP contribution in [0.1, 0.15) is 21.5 Å². The molecule has 3 rings (SSSR count). The normalized spacial score (nSPS) is 11.1. The number of amides is 1. The number of aryl methyl sites for hydroxylation is 2. The molecule has 5 nitrogen and oxygen atoms in total. The van der Waals surface area contributed by atoms with Gasteiger partial charge in [0.25, 0.3) is 15.9 Å². The van der Waals surface area contributed by atoms with Crippen LogP contribution in [0.2, 0.25) is 0 Å². The van der Waals surface area contributed by atoms with Crippen LogP contribution < -0.4 is 10.0 Å². The average molecular weight is 398 g/mol. The summed E-state index contributed by atoms with van der Waals surface area (Å²) in [5, 5.41) is 2.76. The van der Waals surface area contributed by atoms with Crippen LogP contribution in [0.4, 0.5) is 15.8 Å². The van der Waals surface area contributed by atoms with Crippen molar-refractivity contribution < 1.29 is 17.6 Å². The van der Waals surface area contributed by atoms with Crippen molar-refractivity contribution in [3.8, 4) is 0 Å². The van der Waals surface area contributed by atoms with Gasteiger partial charge in [-0.3, -0.25) is 9.52 Å². The Hall–Kier alpha value is -3.19. The third-order valence-corrected chi connectivity index (χ3v) is 5.63. The first kappa shape index (κ1) is 19.6. The third-order valence-electron chi connectivity index (χ3n) is 4.25. The molecule has 0 saturated carbocycles. The van der Waals surface area contributed by atoms with Crippen molar-refractivity contribution in [3.63, 3.8) is 0 Å². The number of hydrogen-bond donors (Lipinski definition) is 2. The average Bonchev–Trinajstić information content (AvgIpc) is 2.64. The number of rotatable bonds is 5. The molecule has 0 fully saturated rings. The summed E-state index contributed by atoms with van der Waals surface area (Å²) in [4.78, 5) is 12.4. The summed E-state index contributed by atoms with van der Waals surface area (Å²) < 4.78 is 40.7. The summed E-state index contributed by atoms with van der Waals surface area (Å²) in [6, 6.07) is 16.3. The summed E-state index contributed by atoms with van der Waals surface area (Å²) in [5.74, 6) is -0.979. The van der Waals surface area contributed by atoms with Crippen molar-refractivity contribution in [1.29, 1.82) is 0 Å². The van der Waals surface area contributed by atoms with E-state index in [1.165, 1.54) is 42.5 Å². The predicted octanol–water partition coefficient (Wildman–Crippen LogP) is 4.50. The van der Waals surface area contributed by atoms with Crippen LogP contribution in [0.15, 0.2) is 71.6 Å². The van der Waals surface area contributed by atoms with Crippen LogP contribution in [-0.4, -0.2) is 14.3 Å². The Bertz CT molecular complexity index is 1140. The van der Waals surface area contributed by atoms with E-state index in [-0.39, 0.29) is 16.1 Å². The van der Waals surface area contributed by atoms with E-state index in [2.05, 4.69) is 10.0 Å². The van der Waals surface area contributed by atoms with Crippen LogP contribution in [0, 0.1) is 19.7 Å². The fourth-order valence-electron chi connectivity index (χ4n) is 2.59. The van der Waals surface area contributed by atoms with E-state index in [0.29, 0.717) is 5.69 Å². The van der Waals surface area contributed by atoms with E-state index >= 15 is 0 Å². The maximum Gasteiger partial charge on any atom is 0.261 e. The lowest BCUT2D eigenvalue weighted by atomic mass is 10.1. The molecule has 0 saturated heterocycles. The molecule has 0 heterocycles. The summed E-state index contributed by atoms with van der Waals surface area (Å²) in [5.41, 5.74) is 3.06. The molecule has 28 heavy (non-hydrogen) atoms. The molecule has 2 N–H and O–H groups in total. The second kappa shape index (κ2) is 7.82. The zero-order chi connectivity index (χ0) is 20.3. The van der Waals surface area contributed by atoms with E-state index in [1.54, 1.807) is 6.07 Å². The SMILES string of the molecule is Cc1ccc(NC(=O)c2cccc(S(=O)(=O)Nc3cccc(F)c3)c2)cc1C. The highest BCUT2D eigenvalue weighted by Crippen LogP contribution is 2.19. The Balaban J connectivity index is 1.82. The molecule has 0 atom stereocenters. The van der Waals surface area contributed by atoms with Gasteiger partial charge in [-0.2, -0.15) is 0 Å². The molecule has 7 heteroatoms. The molecular weight excluding hydrogens is 379 g/mol. The fourth-order valence-corrected chi connectivity index (χ4v) is 3.69. The number of sulfonamides is 1. The van der Waals surface area contributed by atoms with E-state index in [9.17, 15) is 17.6 Å². The number of carbonyl (C=O) groups excluding carboxylic acids is 1. The third kappa shape index (κ3) is 4.55. The molecule has 0 radical (unpaired) electrons.